The van der Waals surface area contributed by atoms with Gasteiger partial charge in [-0.25, -0.2) is 31.2 Å². The molecule has 382 valence electrons. The minimum Gasteiger partial charge on any atom is -0.724 e. The Morgan fingerprint density at radius 3 is 1.27 bits per heavy atom. The molecule has 6 bridgehead atoms. The van der Waals surface area contributed by atoms with Crippen LogP contribution in [0.3, 0.4) is 0 Å². The molecule has 9 heterocycles. The third-order valence-electron chi connectivity index (χ3n) is 10.6. The second-order valence-electron chi connectivity index (χ2n) is 15.2. The van der Waals surface area contributed by atoms with E-state index in [1.165, 1.54) is 30.8 Å². The third-order valence-corrected chi connectivity index (χ3v) is 14.7. The van der Waals surface area contributed by atoms with E-state index in [4.69, 9.17) is 14.7 Å². The second kappa shape index (κ2) is 24.0. The Kier molecular flexibility index (Phi) is 20.4. The Morgan fingerprint density at radius 2 is 0.986 bits per heavy atom. The summed E-state index contributed by atoms with van der Waals surface area (Å²) in [6.45, 7) is 11.9. The molecular formula is C34H41F3N10Na2O17S5. The molecule has 3 aromatic rings. The van der Waals surface area contributed by atoms with Crippen molar-refractivity contribution in [2.24, 2.45) is 0 Å². The van der Waals surface area contributed by atoms with Crippen LogP contribution in [0.4, 0.5) is 27.6 Å². The fraction of sp³-hybridized carbons (Fsp3) is 0.559. The molecule has 3 fully saturated rings. The molecule has 27 nitrogen and oxygen atoms in total. The van der Waals surface area contributed by atoms with Gasteiger partial charge in [-0.2, -0.15) is 36.9 Å². The number of carboxylic acids is 1. The van der Waals surface area contributed by atoms with E-state index in [-0.39, 0.29) is 119 Å². The summed E-state index contributed by atoms with van der Waals surface area (Å²) in [6.07, 6.45) is -1.92. The average molecular weight is 1130 g/mol. The van der Waals surface area contributed by atoms with Crippen molar-refractivity contribution in [3.63, 3.8) is 0 Å². The van der Waals surface area contributed by atoms with Crippen molar-refractivity contribution in [1.29, 1.82) is 0 Å². The molecule has 3 aromatic heterocycles. The van der Waals surface area contributed by atoms with Crippen LogP contribution in [0.2, 0.25) is 0 Å². The summed E-state index contributed by atoms with van der Waals surface area (Å²) in [6, 6.07) is -3.16. The van der Waals surface area contributed by atoms with E-state index in [1.807, 2.05) is 13.8 Å². The molecule has 3 unspecified atom stereocenters. The number of alkyl halides is 3. The summed E-state index contributed by atoms with van der Waals surface area (Å²) in [5.74, 6) is -3.01. The molecule has 71 heavy (non-hydrogen) atoms. The van der Waals surface area contributed by atoms with Crippen LogP contribution in [0.25, 0.3) is 0 Å². The van der Waals surface area contributed by atoms with E-state index in [9.17, 15) is 67.9 Å². The number of quaternary nitrogens is 1. The van der Waals surface area contributed by atoms with Gasteiger partial charge in [0, 0.05) is 13.1 Å². The molecule has 3 atom stereocenters. The minimum absolute atomic E-state index is 0. The van der Waals surface area contributed by atoms with Crippen molar-refractivity contribution >= 4 is 78.9 Å². The first kappa shape index (κ1) is 60.3. The van der Waals surface area contributed by atoms with Crippen LogP contribution in [-0.4, -0.2) is 133 Å². The Labute approximate surface area is 456 Å². The monoisotopic (exact) mass is 1120 g/mol. The number of aromatic nitrogens is 3. The zero-order valence-electron chi connectivity index (χ0n) is 38.1. The van der Waals surface area contributed by atoms with Crippen LogP contribution in [0.5, 0.6) is 0 Å². The first-order chi connectivity index (χ1) is 32.2. The van der Waals surface area contributed by atoms with Crippen LogP contribution in [0.15, 0.2) is 27.0 Å². The molecule has 3 N–H and O–H groups in total. The number of carboxylic acid groups (broad SMARTS) is 1. The van der Waals surface area contributed by atoms with Crippen molar-refractivity contribution in [2.45, 2.75) is 90.3 Å². The van der Waals surface area contributed by atoms with E-state index in [2.05, 4.69) is 20.9 Å². The van der Waals surface area contributed by atoms with Gasteiger partial charge in [0.15, 0.2) is 0 Å². The summed E-state index contributed by atoms with van der Waals surface area (Å²) >= 11 is 3.12. The number of hydroxylamine groups is 6. The molecule has 0 aliphatic carbocycles. The van der Waals surface area contributed by atoms with Gasteiger partial charge in [0.25, 0.3) is 0 Å². The number of hydrogen-bond acceptors (Lipinski definition) is 20. The molecule has 9 rings (SSSR count). The van der Waals surface area contributed by atoms with E-state index < -0.39 is 57.1 Å². The number of carbonyl (C=O) groups excluding carboxylic acids is 4. The molecule has 0 radical (unpaired) electrons. The topological polar surface area (TPSA) is 347 Å². The van der Waals surface area contributed by atoms with Gasteiger partial charge in [-0.3, -0.25) is 23.8 Å². The van der Waals surface area contributed by atoms with E-state index >= 15 is 0 Å². The zero-order valence-corrected chi connectivity index (χ0v) is 46.1. The smallest absolute Gasteiger partial charge is 0.724 e. The molecule has 6 aliphatic rings. The number of carbonyl (C=O) groups is 4. The number of urea groups is 3. The number of nitrogens with zero attached hydrogens (tertiary/aromatic N) is 9. The Balaban J connectivity index is 0.000000214. The fourth-order valence-electron chi connectivity index (χ4n) is 7.96. The Morgan fingerprint density at radius 1 is 0.676 bits per heavy atom. The maximum atomic E-state index is 12.2. The van der Waals surface area contributed by atoms with Gasteiger partial charge in [0.1, 0.15) is 24.1 Å². The van der Waals surface area contributed by atoms with Crippen molar-refractivity contribution in [1.82, 2.24) is 43.6 Å². The molecule has 0 aromatic carbocycles. The van der Waals surface area contributed by atoms with Crippen LogP contribution in [-0.2, 0) is 78.3 Å². The van der Waals surface area contributed by atoms with Crippen molar-refractivity contribution in [2.75, 3.05) is 32.8 Å². The summed E-state index contributed by atoms with van der Waals surface area (Å²) in [7, 11) is -10.1. The normalized spacial score (nSPS) is 19.3. The number of amides is 6. The van der Waals surface area contributed by atoms with Crippen LogP contribution >= 0.6 is 34.0 Å². The van der Waals surface area contributed by atoms with Gasteiger partial charge in [0.05, 0.1) is 90.7 Å². The van der Waals surface area contributed by atoms with Crippen molar-refractivity contribution in [3.8, 4) is 0 Å². The first-order valence-corrected chi connectivity index (χ1v) is 25.4. The van der Waals surface area contributed by atoms with Gasteiger partial charge >= 0.3 is 98.0 Å². The number of aliphatic carboxylic acids is 1. The molecule has 3 saturated heterocycles. The zero-order chi connectivity index (χ0) is 51.1. The second-order valence-corrected chi connectivity index (χ2v) is 20.1. The van der Waals surface area contributed by atoms with Crippen LogP contribution < -0.4 is 84.6 Å². The number of hydrogen-bond donors (Lipinski definition) is 1. The molecular weight excluding hydrogens is 1080 g/mol. The van der Waals surface area contributed by atoms with Gasteiger partial charge in [-0.05, 0) is 12.8 Å². The summed E-state index contributed by atoms with van der Waals surface area (Å²) in [5, 5.41) is 11.3. The minimum atomic E-state index is -5.19. The number of fused-ring (bicyclic) bond motifs is 12. The number of halogens is 3. The molecule has 6 aliphatic heterocycles. The van der Waals surface area contributed by atoms with E-state index in [0.29, 0.717) is 70.5 Å². The standard InChI is InChI=1S/C13H17N3O3S.C10H13N3O6S2.C9H12N4O6S2.C2HF3O2.2Na/c1-3-5-15-9-7-14-8-10(11(9)20-13(15)18)16(12(14)17)19-6-4-2;1-2-3-12-6-4-11-5-7(8(6)20-10(12)15)13(9(11)14)19-21(16,17)18;10-1-2-12-5-3-11-4-6(7(5)20-9(12)15)13(8(11)14)19-21(16,17)18;3-2(4,5)1(6)7;;/h4,10H,2-3,5-8H2,1H3;7H,2-5H2,1H3,(H,16,17,18);6H,1-4,10H2,(H,16,17,18);(H,6,7);;/q;;;;2*+1/p-2. The Bertz CT molecular complexity index is 2800. The first-order valence-electron chi connectivity index (χ1n) is 20.3. The van der Waals surface area contributed by atoms with Crippen LogP contribution in [0.1, 0.15) is 76.5 Å². The average Bonchev–Trinajstić information content (AvgIpc) is 4.04. The quantitative estimate of drug-likeness (QED) is 0.0719. The Hall–Kier alpha value is -3.24. The number of rotatable bonds is 13. The maximum Gasteiger partial charge on any atom is 1.00 e. The van der Waals surface area contributed by atoms with Crippen molar-refractivity contribution in [3.05, 3.63) is 73.4 Å². The summed E-state index contributed by atoms with van der Waals surface area (Å²) in [4.78, 5) is 92.8. The van der Waals surface area contributed by atoms with Crippen LogP contribution in [0, 0.1) is 0 Å². The third kappa shape index (κ3) is 13.2. The van der Waals surface area contributed by atoms with Crippen molar-refractivity contribution < 1.29 is 142 Å². The predicted molar refractivity (Wildman–Crippen MR) is 224 cm³/mol. The number of thiazole rings is 3. The maximum absolute atomic E-state index is 12.2. The predicted octanol–water partition coefficient (Wildman–Crippen LogP) is -7.12. The molecule has 37 heteroatoms. The fourth-order valence-corrected chi connectivity index (χ4v) is 12.0. The van der Waals surface area contributed by atoms with E-state index in [1.54, 1.807) is 20.1 Å². The van der Waals surface area contributed by atoms with E-state index in [0.717, 1.165) is 46.1 Å². The molecule has 0 saturated carbocycles. The largest absolute Gasteiger partial charge is 1.00 e. The van der Waals surface area contributed by atoms with Gasteiger partial charge in [-0.1, -0.05) is 53.9 Å². The molecule has 0 spiro atoms. The SMILES string of the molecule is C=CCON1C(=O)N2Cc3c(sc(=O)n3CCC)C1C2.CCCn1c2c(sc1=O)C1CN(C2)C(=O)N1OS(=O)(=O)[O-].O=C([O-])C(F)(F)F.[NH3+]CCn1c2c(sc1=O)C1CN(C2)C(=O)N1OS(=O)(=O)[O-].[Na+].[Na+]. The summed E-state index contributed by atoms with van der Waals surface area (Å²) < 4.78 is 109. The molecule has 6 amide bonds. The van der Waals surface area contributed by atoms with Gasteiger partial charge in [0.2, 0.25) is 20.8 Å². The summed E-state index contributed by atoms with van der Waals surface area (Å²) in [5.41, 5.74) is 5.99. The van der Waals surface area contributed by atoms with Gasteiger partial charge < -0.3 is 48.6 Å². The van der Waals surface area contributed by atoms with Gasteiger partial charge in [-0.15, -0.1) is 6.58 Å².